The summed E-state index contributed by atoms with van der Waals surface area (Å²) in [5.74, 6) is -7.78. The van der Waals surface area contributed by atoms with Gasteiger partial charge in [-0.15, -0.1) is 0 Å². The normalized spacial score (nSPS) is 48.0. The van der Waals surface area contributed by atoms with Gasteiger partial charge < -0.3 is 78.8 Å². The van der Waals surface area contributed by atoms with Crippen LogP contribution in [0, 0.1) is 46.3 Å². The molecule has 21 nitrogen and oxygen atoms in total. The molecule has 0 spiro atoms. The van der Waals surface area contributed by atoms with Crippen molar-refractivity contribution in [2.45, 2.75) is 262 Å². The van der Waals surface area contributed by atoms with Crippen molar-refractivity contribution in [3.8, 4) is 0 Å². The molecular formula is C65H107F2N3O18. The van der Waals surface area contributed by atoms with Crippen LogP contribution in [0.15, 0.2) is 23.8 Å². The van der Waals surface area contributed by atoms with Gasteiger partial charge in [-0.1, -0.05) is 40.7 Å². The number of aliphatic hydroxyl groups is 6. The fraction of sp³-hybridized carbons (Fsp3) is 0.877. The lowest BCUT2D eigenvalue weighted by atomic mass is 9.44. The summed E-state index contributed by atoms with van der Waals surface area (Å²) in [5, 5.41) is 76.0. The number of nitrogens with one attached hydrogen (secondary N) is 1. The first-order valence-electron chi connectivity index (χ1n) is 32.1. The molecule has 7 rings (SSSR count). The topological polar surface area (TPSA) is 282 Å². The van der Waals surface area contributed by atoms with Gasteiger partial charge in [-0.05, 0) is 157 Å². The lowest BCUT2D eigenvalue weighted by Gasteiger charge is -2.63. The molecule has 504 valence electrons. The number of alkyl halides is 2. The van der Waals surface area contributed by atoms with E-state index < -0.39 is 166 Å². The summed E-state index contributed by atoms with van der Waals surface area (Å²) in [7, 11) is 6.36. The summed E-state index contributed by atoms with van der Waals surface area (Å²) in [6.45, 7) is 23.1. The van der Waals surface area contributed by atoms with E-state index in [0.717, 1.165) is 6.08 Å². The van der Waals surface area contributed by atoms with E-state index in [4.69, 9.17) is 37.9 Å². The van der Waals surface area contributed by atoms with Gasteiger partial charge in [-0.25, -0.2) is 13.6 Å². The van der Waals surface area contributed by atoms with E-state index in [-0.39, 0.29) is 81.7 Å². The average molecular weight is 1260 g/mol. The molecule has 0 aromatic carbocycles. The zero-order valence-corrected chi connectivity index (χ0v) is 55.2. The molecule has 6 fully saturated rings. The van der Waals surface area contributed by atoms with Crippen molar-refractivity contribution < 1.29 is 96.5 Å². The summed E-state index contributed by atoms with van der Waals surface area (Å²) in [4.78, 5) is 59.3. The first-order chi connectivity index (χ1) is 40.9. The number of rotatable bonds is 16. The maximum atomic E-state index is 18.0. The van der Waals surface area contributed by atoms with E-state index in [1.54, 1.807) is 62.3 Å². The van der Waals surface area contributed by atoms with Crippen molar-refractivity contribution in [1.29, 1.82) is 0 Å². The number of hydrogen-bond acceptors (Lipinski definition) is 21. The molecule has 0 amide bonds. The Morgan fingerprint density at radius 1 is 0.875 bits per heavy atom. The highest BCUT2D eigenvalue weighted by atomic mass is 19.1. The molecule has 0 aromatic heterocycles. The van der Waals surface area contributed by atoms with E-state index in [9.17, 15) is 49.8 Å². The molecule has 88 heavy (non-hydrogen) atoms. The number of ether oxygens (including phenoxy) is 8. The van der Waals surface area contributed by atoms with Crippen molar-refractivity contribution >= 4 is 23.7 Å². The third kappa shape index (κ3) is 13.2. The molecule has 0 aromatic rings. The molecule has 4 aliphatic carbocycles. The molecule has 23 heteroatoms. The number of cyclic esters (lactones) is 1. The highest BCUT2D eigenvalue weighted by Gasteiger charge is 2.79. The number of esters is 3. The minimum Gasteiger partial charge on any atom is -0.466 e. The lowest BCUT2D eigenvalue weighted by molar-refractivity contribution is -0.318. The minimum absolute atomic E-state index is 0.0272. The number of methoxy groups -OCH3 is 2. The predicted molar refractivity (Wildman–Crippen MR) is 319 cm³/mol. The van der Waals surface area contributed by atoms with Gasteiger partial charge in [0.2, 0.25) is 5.60 Å². The van der Waals surface area contributed by atoms with Crippen molar-refractivity contribution in [3.63, 3.8) is 0 Å². The smallest absolute Gasteiger partial charge is 0.351 e. The van der Waals surface area contributed by atoms with Crippen LogP contribution in [0.5, 0.6) is 0 Å². The minimum atomic E-state index is -2.41. The fourth-order valence-electron chi connectivity index (χ4n) is 17.2. The van der Waals surface area contributed by atoms with Crippen LogP contribution >= 0.6 is 0 Å². The second-order valence-electron chi connectivity index (χ2n) is 28.8. The number of likely N-dealkylation sites (N-methyl/N-ethyl adjacent to an activating group) is 1. The Morgan fingerprint density at radius 2 is 1.55 bits per heavy atom. The molecule has 0 radical (unpaired) electrons. The van der Waals surface area contributed by atoms with E-state index in [1.807, 2.05) is 37.7 Å². The van der Waals surface area contributed by atoms with Gasteiger partial charge in [-0.2, -0.15) is 0 Å². The third-order valence-electron chi connectivity index (χ3n) is 22.3. The van der Waals surface area contributed by atoms with Crippen molar-refractivity contribution in [3.05, 3.63) is 23.8 Å². The van der Waals surface area contributed by atoms with Gasteiger partial charge >= 0.3 is 17.9 Å². The maximum Gasteiger partial charge on any atom is 0.351 e. The van der Waals surface area contributed by atoms with E-state index in [1.165, 1.54) is 40.2 Å². The Kier molecular flexibility index (Phi) is 22.5. The zero-order chi connectivity index (χ0) is 65.8. The van der Waals surface area contributed by atoms with Crippen LogP contribution in [0.4, 0.5) is 8.78 Å². The SMILES string of the molecule is CC[C@H]1OC(=O)[C@H](C)[C@@H](OC2C[C@@](C)(OC)[C@@H](O)[C@H](C)O2)[C@H](C)C(O[C@@H]2O[C@H](C)C[C@H](N(C)C)[C@H]2O)[C@](C)(O)C[C@@H](C)CN(CCCNCCC(=O)O[C@]2(C(=O)OC)[C@H](C)CC3C4C[C@H](F)C5=CC(=O)C=C[C@]5(C)[C@@]4(F)[C@@H](O)C[C@@]32C)[C@H](C)[C@@H](O)[C@]1(C)O. The molecule has 3 saturated heterocycles. The van der Waals surface area contributed by atoms with Crippen LogP contribution in [0.3, 0.4) is 0 Å². The van der Waals surface area contributed by atoms with Crippen LogP contribution < -0.4 is 5.32 Å². The van der Waals surface area contributed by atoms with Crippen LogP contribution in [-0.2, 0) is 57.1 Å². The molecule has 3 saturated carbocycles. The number of carbonyl (C=O) groups excluding carboxylic acids is 4. The van der Waals surface area contributed by atoms with Crippen LogP contribution in [0.2, 0.25) is 0 Å². The first-order valence-corrected chi connectivity index (χ1v) is 32.1. The number of carbonyl (C=O) groups is 4. The molecule has 3 aliphatic heterocycles. The number of halogens is 2. The van der Waals surface area contributed by atoms with Crippen LogP contribution in [0.25, 0.3) is 0 Å². The Balaban J connectivity index is 1.10. The standard InChI is InChI=1S/C65H107F2N3O18/c1-18-48-63(13,80)53(75)39(7)70(25-19-23-68-24-21-49(73)88-65(58(78)81-16)35(3)26-42-43-29-45(66)44-28-41(71)20-22-59(44,9)64(43,67)47(72)31-60(42,65)10)33-34(2)30-61(11,79)55(87-57-51(74)46(69(14)15)27-36(4)83-57)37(5)52(38(6)56(77)85-48)86-50-32-62(12,82-17)54(76)40(8)84-50/h20,22,28,34-40,42-43,45-48,50-55,57,68,72,74-76,79-80H,18-19,21,23-27,29-33H2,1-17H3/t34-,35-,36-,37+,38-,39-,40+,42?,43?,45+,46+,47+,48-,50?,51-,52+,53-,54+,55?,57+,59+,60+,61-,62-,63-,64+,65+/m1/s1. The molecule has 0 bridgehead atoms. The molecule has 4 unspecified atom stereocenters. The largest absolute Gasteiger partial charge is 0.466 e. The number of hydrogen-bond donors (Lipinski definition) is 7. The second kappa shape index (κ2) is 27.4. The number of nitrogens with zero attached hydrogens (tertiary/aromatic N) is 2. The molecule has 27 atom stereocenters. The molecule has 7 N–H and O–H groups in total. The van der Waals surface area contributed by atoms with Gasteiger partial charge in [0.05, 0.1) is 61.2 Å². The summed E-state index contributed by atoms with van der Waals surface area (Å²) < 4.78 is 84.1. The van der Waals surface area contributed by atoms with Crippen molar-refractivity contribution in [2.24, 2.45) is 46.3 Å². The van der Waals surface area contributed by atoms with Crippen LogP contribution in [-0.4, -0.2) is 232 Å². The van der Waals surface area contributed by atoms with Gasteiger partial charge in [0.25, 0.3) is 0 Å². The zero-order valence-electron chi connectivity index (χ0n) is 55.2. The maximum absolute atomic E-state index is 18.0. The van der Waals surface area contributed by atoms with Gasteiger partial charge in [0, 0.05) is 67.3 Å². The highest BCUT2D eigenvalue weighted by Crippen LogP contribution is 2.72. The quantitative estimate of drug-likeness (QED) is 0.0629. The fourth-order valence-corrected chi connectivity index (χ4v) is 17.2. The Hall–Kier alpha value is -3.14. The van der Waals surface area contributed by atoms with Gasteiger partial charge in [0.15, 0.2) is 24.0 Å². The lowest BCUT2D eigenvalue weighted by Crippen LogP contribution is -2.71. The first kappa shape index (κ1) is 72.3. The Morgan fingerprint density at radius 3 is 2.17 bits per heavy atom. The van der Waals surface area contributed by atoms with Gasteiger partial charge in [0.1, 0.15) is 36.2 Å². The Bertz CT molecular complexity index is 2530. The molecular weight excluding hydrogens is 1150 g/mol. The van der Waals surface area contributed by atoms with Crippen molar-refractivity contribution in [2.75, 3.05) is 54.5 Å². The Labute approximate surface area is 519 Å². The van der Waals surface area contributed by atoms with Crippen molar-refractivity contribution in [1.82, 2.24) is 15.1 Å². The third-order valence-corrected chi connectivity index (χ3v) is 22.3. The average Bonchev–Trinajstić information content (AvgIpc) is 1.29. The molecule has 7 aliphatic rings. The highest BCUT2D eigenvalue weighted by molar-refractivity contribution is 6.01. The number of ketones is 1. The number of allylic oxidation sites excluding steroid dienone is 4. The van der Waals surface area contributed by atoms with E-state index in [2.05, 4.69) is 5.32 Å². The summed E-state index contributed by atoms with van der Waals surface area (Å²) in [6.07, 6.45) is -9.87. The van der Waals surface area contributed by atoms with Gasteiger partial charge in [-0.3, -0.25) is 19.3 Å². The summed E-state index contributed by atoms with van der Waals surface area (Å²) in [5.41, 5.74) is -12.3. The predicted octanol–water partition coefficient (Wildman–Crippen LogP) is 4.66. The monoisotopic (exact) mass is 1260 g/mol. The van der Waals surface area contributed by atoms with Crippen LogP contribution in [0.1, 0.15) is 148 Å². The summed E-state index contributed by atoms with van der Waals surface area (Å²) in [6, 6.07) is -1.14. The summed E-state index contributed by atoms with van der Waals surface area (Å²) >= 11 is 0. The second-order valence-corrected chi connectivity index (χ2v) is 28.8. The van der Waals surface area contributed by atoms with E-state index in [0.29, 0.717) is 25.9 Å². The number of fused-ring (bicyclic) bond motifs is 5. The molecule has 3 heterocycles. The number of aliphatic hydroxyl groups excluding tert-OH is 4. The van der Waals surface area contributed by atoms with E-state index >= 15 is 8.78 Å².